The van der Waals surface area contributed by atoms with E-state index in [0.29, 0.717) is 11.3 Å². The number of hydrogen-bond donors (Lipinski definition) is 1. The van der Waals surface area contributed by atoms with Crippen molar-refractivity contribution in [2.75, 3.05) is 5.32 Å². The minimum atomic E-state index is -4.65. The molecule has 0 saturated heterocycles. The Hall–Kier alpha value is -3.43. The number of Topliss-reactive ketones (excluding diaryl/α,β-unsaturated/α-hetero) is 1. The number of carbonyl (C=O) groups excluding carboxylic acids is 2. The lowest BCUT2D eigenvalue weighted by Gasteiger charge is -2.16. The fourth-order valence-electron chi connectivity index (χ4n) is 3.00. The van der Waals surface area contributed by atoms with Crippen LogP contribution in [0.15, 0.2) is 30.3 Å². The highest BCUT2D eigenvalue weighted by atomic mass is 19.4. The van der Waals surface area contributed by atoms with Gasteiger partial charge in [-0.3, -0.25) is 14.3 Å². The molecule has 1 aromatic carbocycles. The van der Waals surface area contributed by atoms with Crippen molar-refractivity contribution >= 4 is 28.4 Å². The molecular formula is C20H19F3N4O3. The number of aryl methyl sites for hydroxylation is 2. The van der Waals surface area contributed by atoms with Gasteiger partial charge in [-0.05, 0) is 32.9 Å². The van der Waals surface area contributed by atoms with Gasteiger partial charge < -0.3 is 10.1 Å². The zero-order valence-corrected chi connectivity index (χ0v) is 16.7. The number of amides is 1. The summed E-state index contributed by atoms with van der Waals surface area (Å²) in [6, 6.07) is 7.05. The van der Waals surface area contributed by atoms with Crippen LogP contribution in [0.3, 0.4) is 0 Å². The second-order valence-electron chi connectivity index (χ2n) is 6.80. The van der Waals surface area contributed by atoms with Crippen LogP contribution in [0.1, 0.15) is 35.5 Å². The Labute approximate surface area is 169 Å². The molecular weight excluding hydrogens is 401 g/mol. The predicted molar refractivity (Wildman–Crippen MR) is 103 cm³/mol. The molecule has 1 amide bonds. The SMILES string of the molecule is CC(=O)c1cccc(NC(=O)C(C)Oc2cc(C(F)(F)F)c3c(C)nn(C)c3n2)c1. The van der Waals surface area contributed by atoms with E-state index in [4.69, 9.17) is 4.74 Å². The Morgan fingerprint density at radius 3 is 2.57 bits per heavy atom. The summed E-state index contributed by atoms with van der Waals surface area (Å²) in [5.41, 5.74) is 0.0312. The molecule has 1 N–H and O–H groups in total. The lowest BCUT2D eigenvalue weighted by Crippen LogP contribution is -2.30. The molecule has 7 nitrogen and oxygen atoms in total. The number of anilines is 1. The van der Waals surface area contributed by atoms with E-state index < -0.39 is 23.8 Å². The zero-order chi connectivity index (χ0) is 22.2. The summed E-state index contributed by atoms with van der Waals surface area (Å²) in [6.45, 7) is 4.25. The molecule has 1 atom stereocenters. The van der Waals surface area contributed by atoms with Crippen LogP contribution in [0.4, 0.5) is 18.9 Å². The van der Waals surface area contributed by atoms with E-state index in [1.54, 1.807) is 18.2 Å². The smallest absolute Gasteiger partial charge is 0.417 e. The van der Waals surface area contributed by atoms with Crippen LogP contribution in [0, 0.1) is 6.92 Å². The highest BCUT2D eigenvalue weighted by Gasteiger charge is 2.36. The largest absolute Gasteiger partial charge is 0.464 e. The number of alkyl halides is 3. The summed E-state index contributed by atoms with van der Waals surface area (Å²) in [6.07, 6.45) is -5.79. The number of benzene rings is 1. The van der Waals surface area contributed by atoms with Crippen molar-refractivity contribution in [1.82, 2.24) is 14.8 Å². The van der Waals surface area contributed by atoms with Crippen molar-refractivity contribution in [1.29, 1.82) is 0 Å². The molecule has 158 valence electrons. The number of fused-ring (bicyclic) bond motifs is 1. The highest BCUT2D eigenvalue weighted by molar-refractivity contribution is 5.98. The molecule has 2 aromatic heterocycles. The minimum Gasteiger partial charge on any atom is -0.464 e. The summed E-state index contributed by atoms with van der Waals surface area (Å²) in [5.74, 6) is -1.12. The van der Waals surface area contributed by atoms with E-state index in [2.05, 4.69) is 15.4 Å². The van der Waals surface area contributed by atoms with Crippen LogP contribution >= 0.6 is 0 Å². The minimum absolute atomic E-state index is 0.000840. The van der Waals surface area contributed by atoms with Crippen LogP contribution < -0.4 is 10.1 Å². The fraction of sp³-hybridized carbons (Fsp3) is 0.300. The molecule has 30 heavy (non-hydrogen) atoms. The lowest BCUT2D eigenvalue weighted by atomic mass is 10.1. The topological polar surface area (TPSA) is 86.1 Å². The Kier molecular flexibility index (Phi) is 5.51. The molecule has 0 fully saturated rings. The van der Waals surface area contributed by atoms with Gasteiger partial charge in [0.15, 0.2) is 17.5 Å². The van der Waals surface area contributed by atoms with Crippen LogP contribution in [0.5, 0.6) is 5.88 Å². The van der Waals surface area contributed by atoms with Crippen LogP contribution in [-0.4, -0.2) is 32.6 Å². The van der Waals surface area contributed by atoms with Gasteiger partial charge in [-0.15, -0.1) is 0 Å². The number of pyridine rings is 1. The number of rotatable bonds is 5. The van der Waals surface area contributed by atoms with Gasteiger partial charge in [0.2, 0.25) is 5.88 Å². The van der Waals surface area contributed by atoms with Crippen molar-refractivity contribution in [3.63, 3.8) is 0 Å². The predicted octanol–water partition coefficient (Wildman–Crippen LogP) is 3.90. The summed E-state index contributed by atoms with van der Waals surface area (Å²) in [4.78, 5) is 28.0. The van der Waals surface area contributed by atoms with Crippen molar-refractivity contribution in [2.24, 2.45) is 7.05 Å². The second-order valence-corrected chi connectivity index (χ2v) is 6.80. The molecule has 0 spiro atoms. The first-order valence-corrected chi connectivity index (χ1v) is 8.97. The summed E-state index contributed by atoms with van der Waals surface area (Å²) >= 11 is 0. The normalized spacial score (nSPS) is 12.6. The van der Waals surface area contributed by atoms with Gasteiger partial charge in [-0.2, -0.15) is 23.3 Å². The molecule has 0 bridgehead atoms. The highest BCUT2D eigenvalue weighted by Crippen LogP contribution is 2.37. The maximum absolute atomic E-state index is 13.5. The van der Waals surface area contributed by atoms with Gasteiger partial charge in [0.1, 0.15) is 0 Å². The number of ether oxygens (including phenoxy) is 1. The molecule has 10 heteroatoms. The number of carbonyl (C=O) groups is 2. The van der Waals surface area contributed by atoms with Crippen molar-refractivity contribution < 1.29 is 27.5 Å². The summed E-state index contributed by atoms with van der Waals surface area (Å²) in [5, 5.41) is 6.45. The van der Waals surface area contributed by atoms with E-state index in [0.717, 1.165) is 6.07 Å². The van der Waals surface area contributed by atoms with Crippen molar-refractivity contribution in [3.8, 4) is 5.88 Å². The maximum Gasteiger partial charge on any atom is 0.417 e. The molecule has 3 aromatic rings. The standard InChI is InChI=1S/C20H19F3N4O3/c1-10-17-15(20(21,22)23)9-16(25-18(17)27(4)26-10)30-12(3)19(29)24-14-7-5-6-13(8-14)11(2)28/h5-9,12H,1-4H3,(H,24,29). The maximum atomic E-state index is 13.5. The van der Waals surface area contributed by atoms with Gasteiger partial charge in [0.05, 0.1) is 16.6 Å². The molecule has 0 aliphatic heterocycles. The van der Waals surface area contributed by atoms with Gasteiger partial charge in [-0.25, -0.2) is 0 Å². The third kappa shape index (κ3) is 4.27. The first kappa shape index (κ1) is 21.3. The number of hydrogen-bond acceptors (Lipinski definition) is 5. The Morgan fingerprint density at radius 1 is 1.23 bits per heavy atom. The molecule has 2 heterocycles. The number of aromatic nitrogens is 3. The van der Waals surface area contributed by atoms with E-state index in [1.165, 1.54) is 38.6 Å². The van der Waals surface area contributed by atoms with E-state index in [9.17, 15) is 22.8 Å². The van der Waals surface area contributed by atoms with Gasteiger partial charge in [0.25, 0.3) is 5.91 Å². The van der Waals surface area contributed by atoms with E-state index in [-0.39, 0.29) is 28.4 Å². The third-order valence-corrected chi connectivity index (χ3v) is 4.45. The van der Waals surface area contributed by atoms with Crippen LogP contribution in [0.2, 0.25) is 0 Å². The monoisotopic (exact) mass is 420 g/mol. The quantitative estimate of drug-likeness (QED) is 0.633. The number of nitrogens with zero attached hydrogens (tertiary/aromatic N) is 3. The number of halogens is 3. The molecule has 0 saturated carbocycles. The van der Waals surface area contributed by atoms with Crippen molar-refractivity contribution in [3.05, 3.63) is 47.2 Å². The van der Waals surface area contributed by atoms with Gasteiger partial charge in [0, 0.05) is 24.4 Å². The fourth-order valence-corrected chi connectivity index (χ4v) is 3.00. The van der Waals surface area contributed by atoms with Gasteiger partial charge in [-0.1, -0.05) is 12.1 Å². The average molecular weight is 420 g/mol. The lowest BCUT2D eigenvalue weighted by molar-refractivity contribution is -0.136. The molecule has 0 radical (unpaired) electrons. The van der Waals surface area contributed by atoms with Gasteiger partial charge >= 0.3 is 6.18 Å². The van der Waals surface area contributed by atoms with Crippen LogP contribution in [0.25, 0.3) is 11.0 Å². The van der Waals surface area contributed by atoms with Crippen LogP contribution in [-0.2, 0) is 18.0 Å². The van der Waals surface area contributed by atoms with E-state index >= 15 is 0 Å². The molecule has 1 unspecified atom stereocenters. The molecule has 0 aliphatic carbocycles. The number of ketones is 1. The zero-order valence-electron chi connectivity index (χ0n) is 16.7. The second kappa shape index (κ2) is 7.77. The Bertz CT molecular complexity index is 1140. The molecule has 3 rings (SSSR count). The summed E-state index contributed by atoms with van der Waals surface area (Å²) < 4.78 is 47.3. The Morgan fingerprint density at radius 2 is 1.93 bits per heavy atom. The van der Waals surface area contributed by atoms with Crippen molar-refractivity contribution in [2.45, 2.75) is 33.1 Å². The molecule has 0 aliphatic rings. The first-order valence-electron chi connectivity index (χ1n) is 8.97. The average Bonchev–Trinajstić information content (AvgIpc) is 2.94. The first-order chi connectivity index (χ1) is 14.0. The number of nitrogens with one attached hydrogen (secondary N) is 1. The Balaban J connectivity index is 1.86. The third-order valence-electron chi connectivity index (χ3n) is 4.45. The van der Waals surface area contributed by atoms with E-state index in [1.807, 2.05) is 0 Å². The summed E-state index contributed by atoms with van der Waals surface area (Å²) in [7, 11) is 1.48.